The van der Waals surface area contributed by atoms with E-state index < -0.39 is 0 Å². The topological polar surface area (TPSA) is 21.3 Å². The summed E-state index contributed by atoms with van der Waals surface area (Å²) in [6.45, 7) is 9.10. The van der Waals surface area contributed by atoms with Crippen molar-refractivity contribution in [3.63, 3.8) is 0 Å². The van der Waals surface area contributed by atoms with Crippen molar-refractivity contribution >= 4 is 11.3 Å². The molecule has 0 saturated carbocycles. The van der Waals surface area contributed by atoms with Crippen molar-refractivity contribution in [2.45, 2.75) is 39.8 Å². The molecular formula is C12H21NOS. The van der Waals surface area contributed by atoms with Gasteiger partial charge in [0, 0.05) is 22.8 Å². The van der Waals surface area contributed by atoms with Crippen LogP contribution in [0.15, 0.2) is 12.1 Å². The molecule has 0 aliphatic heterocycles. The van der Waals surface area contributed by atoms with Gasteiger partial charge in [0.25, 0.3) is 0 Å². The SMILES string of the molecule is CCC(C)OCCNCc1ccc(C)s1. The third-order valence-electron chi connectivity index (χ3n) is 2.35. The maximum absolute atomic E-state index is 5.58. The van der Waals surface area contributed by atoms with Gasteiger partial charge >= 0.3 is 0 Å². The lowest BCUT2D eigenvalue weighted by Gasteiger charge is -2.10. The highest BCUT2D eigenvalue weighted by molar-refractivity contribution is 7.11. The number of hydrogen-bond donors (Lipinski definition) is 1. The zero-order valence-corrected chi connectivity index (χ0v) is 10.7. The number of ether oxygens (including phenoxy) is 1. The fraction of sp³-hybridized carbons (Fsp3) is 0.667. The van der Waals surface area contributed by atoms with Crippen molar-refractivity contribution in [3.8, 4) is 0 Å². The van der Waals surface area contributed by atoms with Crippen LogP contribution >= 0.6 is 11.3 Å². The zero-order chi connectivity index (χ0) is 11.1. The number of rotatable bonds is 7. The molecule has 0 bridgehead atoms. The van der Waals surface area contributed by atoms with Crippen LogP contribution in [0.1, 0.15) is 30.0 Å². The molecule has 1 aromatic heterocycles. The van der Waals surface area contributed by atoms with Crippen LogP contribution in [-0.4, -0.2) is 19.3 Å². The lowest BCUT2D eigenvalue weighted by molar-refractivity contribution is 0.0655. The Bertz CT molecular complexity index is 272. The van der Waals surface area contributed by atoms with Crippen LogP contribution in [-0.2, 0) is 11.3 Å². The largest absolute Gasteiger partial charge is 0.377 e. The van der Waals surface area contributed by atoms with Gasteiger partial charge in [-0.3, -0.25) is 0 Å². The summed E-state index contributed by atoms with van der Waals surface area (Å²) in [7, 11) is 0. The molecule has 1 atom stereocenters. The van der Waals surface area contributed by atoms with Crippen LogP contribution in [0.4, 0.5) is 0 Å². The van der Waals surface area contributed by atoms with Gasteiger partial charge in [-0.2, -0.15) is 0 Å². The van der Waals surface area contributed by atoms with Gasteiger partial charge in [-0.25, -0.2) is 0 Å². The Morgan fingerprint density at radius 3 is 2.87 bits per heavy atom. The highest BCUT2D eigenvalue weighted by Crippen LogP contribution is 2.14. The molecule has 0 aliphatic rings. The molecule has 3 heteroatoms. The van der Waals surface area contributed by atoms with Gasteiger partial charge in [-0.15, -0.1) is 11.3 Å². The summed E-state index contributed by atoms with van der Waals surface area (Å²) in [6, 6.07) is 4.35. The molecule has 0 aromatic carbocycles. The Morgan fingerprint density at radius 1 is 1.47 bits per heavy atom. The van der Waals surface area contributed by atoms with Gasteiger partial charge in [-0.1, -0.05) is 6.92 Å². The number of nitrogens with one attached hydrogen (secondary N) is 1. The van der Waals surface area contributed by atoms with Crippen molar-refractivity contribution in [3.05, 3.63) is 21.9 Å². The monoisotopic (exact) mass is 227 g/mol. The lowest BCUT2D eigenvalue weighted by atomic mass is 10.3. The average Bonchev–Trinajstić information content (AvgIpc) is 2.63. The molecule has 1 rings (SSSR count). The van der Waals surface area contributed by atoms with E-state index in [0.717, 1.165) is 26.1 Å². The van der Waals surface area contributed by atoms with Crippen LogP contribution < -0.4 is 5.32 Å². The first-order valence-electron chi connectivity index (χ1n) is 5.60. The van der Waals surface area contributed by atoms with E-state index in [2.05, 4.69) is 38.2 Å². The van der Waals surface area contributed by atoms with E-state index in [4.69, 9.17) is 4.74 Å². The Kier molecular flexibility index (Phi) is 5.91. The fourth-order valence-electron chi connectivity index (χ4n) is 1.24. The van der Waals surface area contributed by atoms with Crippen molar-refractivity contribution in [1.82, 2.24) is 5.32 Å². The molecule has 0 spiro atoms. The summed E-state index contributed by atoms with van der Waals surface area (Å²) in [6.07, 6.45) is 1.47. The molecule has 0 fully saturated rings. The summed E-state index contributed by atoms with van der Waals surface area (Å²) in [5.74, 6) is 0. The Hall–Kier alpha value is -0.380. The first-order chi connectivity index (χ1) is 7.22. The standard InChI is InChI=1S/C12H21NOS/c1-4-10(2)14-8-7-13-9-12-6-5-11(3)15-12/h5-6,10,13H,4,7-9H2,1-3H3. The Balaban J connectivity index is 2.02. The highest BCUT2D eigenvalue weighted by Gasteiger charge is 1.98. The van der Waals surface area contributed by atoms with E-state index in [1.54, 1.807) is 0 Å². The molecule has 0 saturated heterocycles. The van der Waals surface area contributed by atoms with E-state index in [-0.39, 0.29) is 0 Å². The number of hydrogen-bond acceptors (Lipinski definition) is 3. The highest BCUT2D eigenvalue weighted by atomic mass is 32.1. The minimum atomic E-state index is 0.385. The van der Waals surface area contributed by atoms with Gasteiger partial charge < -0.3 is 10.1 Å². The minimum absolute atomic E-state index is 0.385. The molecule has 1 N–H and O–H groups in total. The van der Waals surface area contributed by atoms with Crippen LogP contribution in [0.3, 0.4) is 0 Å². The van der Waals surface area contributed by atoms with Crippen LogP contribution in [0.5, 0.6) is 0 Å². The van der Waals surface area contributed by atoms with Gasteiger partial charge in [-0.05, 0) is 32.4 Å². The maximum Gasteiger partial charge on any atom is 0.0594 e. The van der Waals surface area contributed by atoms with Gasteiger partial charge in [0.1, 0.15) is 0 Å². The molecule has 1 heterocycles. The first-order valence-corrected chi connectivity index (χ1v) is 6.41. The predicted octanol–water partition coefficient (Wildman–Crippen LogP) is 2.96. The van der Waals surface area contributed by atoms with E-state index >= 15 is 0 Å². The van der Waals surface area contributed by atoms with Crippen molar-refractivity contribution in [2.75, 3.05) is 13.2 Å². The molecule has 0 amide bonds. The third-order valence-corrected chi connectivity index (χ3v) is 3.35. The summed E-state index contributed by atoms with van der Waals surface area (Å²) < 4.78 is 5.58. The van der Waals surface area contributed by atoms with Crippen LogP contribution in [0.2, 0.25) is 0 Å². The van der Waals surface area contributed by atoms with Gasteiger partial charge in [0.2, 0.25) is 0 Å². The Labute approximate surface area is 96.7 Å². The maximum atomic E-state index is 5.58. The second-order valence-corrected chi connectivity index (χ2v) is 5.15. The lowest BCUT2D eigenvalue weighted by Crippen LogP contribution is -2.21. The van der Waals surface area contributed by atoms with Crippen molar-refractivity contribution in [2.24, 2.45) is 0 Å². The molecule has 1 aromatic rings. The summed E-state index contributed by atoms with van der Waals surface area (Å²) >= 11 is 1.85. The van der Waals surface area contributed by atoms with Crippen LogP contribution in [0, 0.1) is 6.92 Å². The second kappa shape index (κ2) is 6.99. The molecule has 86 valence electrons. The normalized spacial score (nSPS) is 13.0. The van der Waals surface area contributed by atoms with E-state index in [0.29, 0.717) is 6.10 Å². The van der Waals surface area contributed by atoms with Gasteiger partial charge in [0.05, 0.1) is 12.7 Å². The van der Waals surface area contributed by atoms with Crippen molar-refractivity contribution < 1.29 is 4.74 Å². The first kappa shape index (κ1) is 12.7. The quantitative estimate of drug-likeness (QED) is 0.723. The smallest absolute Gasteiger partial charge is 0.0594 e. The predicted molar refractivity (Wildman–Crippen MR) is 66.5 cm³/mol. The zero-order valence-electron chi connectivity index (χ0n) is 9.88. The summed E-state index contributed by atoms with van der Waals surface area (Å²) in [5.41, 5.74) is 0. The Morgan fingerprint density at radius 2 is 2.27 bits per heavy atom. The number of aryl methyl sites for hydroxylation is 1. The third kappa shape index (κ3) is 5.30. The second-order valence-electron chi connectivity index (χ2n) is 3.78. The summed E-state index contributed by atoms with van der Waals surface area (Å²) in [5, 5.41) is 3.38. The van der Waals surface area contributed by atoms with E-state index in [1.165, 1.54) is 9.75 Å². The average molecular weight is 227 g/mol. The molecular weight excluding hydrogens is 206 g/mol. The van der Waals surface area contributed by atoms with Crippen LogP contribution in [0.25, 0.3) is 0 Å². The molecule has 0 aliphatic carbocycles. The summed E-state index contributed by atoms with van der Waals surface area (Å²) in [4.78, 5) is 2.78. The fourth-order valence-corrected chi connectivity index (χ4v) is 2.10. The number of thiophene rings is 1. The van der Waals surface area contributed by atoms with Gasteiger partial charge in [0.15, 0.2) is 0 Å². The molecule has 2 nitrogen and oxygen atoms in total. The minimum Gasteiger partial charge on any atom is -0.377 e. The van der Waals surface area contributed by atoms with E-state index in [1.807, 2.05) is 11.3 Å². The molecule has 15 heavy (non-hydrogen) atoms. The van der Waals surface area contributed by atoms with E-state index in [9.17, 15) is 0 Å². The molecule has 1 unspecified atom stereocenters. The van der Waals surface area contributed by atoms with Crippen molar-refractivity contribution in [1.29, 1.82) is 0 Å². The molecule has 0 radical (unpaired) electrons.